The van der Waals surface area contributed by atoms with E-state index in [1.807, 2.05) is 26.0 Å². The van der Waals surface area contributed by atoms with Gasteiger partial charge >= 0.3 is 0 Å². The van der Waals surface area contributed by atoms with E-state index < -0.39 is 6.48 Å². The molecule has 0 aromatic heterocycles. The standard InChI is InChI=1S/C22H37FO3/c1-4-7-8-9-10-11-12-13-21(26-22(24-5-2)25-6-3)18-19-14-16-20(23)17-15-19/h14-17,21-22H,4-13,18H2,1-3H3. The van der Waals surface area contributed by atoms with Crippen LogP contribution in [0.5, 0.6) is 0 Å². The molecule has 0 bridgehead atoms. The second-order valence-corrected chi connectivity index (χ2v) is 6.70. The van der Waals surface area contributed by atoms with Crippen LogP contribution >= 0.6 is 0 Å². The van der Waals surface area contributed by atoms with Crippen molar-refractivity contribution in [2.24, 2.45) is 0 Å². The van der Waals surface area contributed by atoms with E-state index >= 15 is 0 Å². The van der Waals surface area contributed by atoms with Crippen LogP contribution in [0, 0.1) is 5.82 Å². The van der Waals surface area contributed by atoms with E-state index in [-0.39, 0.29) is 11.9 Å². The maximum Gasteiger partial charge on any atom is 0.271 e. The Hall–Kier alpha value is -0.970. The van der Waals surface area contributed by atoms with Gasteiger partial charge in [0, 0.05) is 13.2 Å². The number of unbranched alkanes of at least 4 members (excludes halogenated alkanes) is 6. The molecule has 1 atom stereocenters. The van der Waals surface area contributed by atoms with E-state index in [0.29, 0.717) is 13.2 Å². The summed E-state index contributed by atoms with van der Waals surface area (Å²) in [5.74, 6) is -0.209. The molecule has 0 heterocycles. The summed E-state index contributed by atoms with van der Waals surface area (Å²) in [5.41, 5.74) is 1.08. The van der Waals surface area contributed by atoms with Crippen molar-refractivity contribution in [2.45, 2.75) is 91.1 Å². The molecular formula is C22H37FO3. The lowest BCUT2D eigenvalue weighted by molar-refractivity contribution is -0.301. The summed E-state index contributed by atoms with van der Waals surface area (Å²) >= 11 is 0. The molecule has 0 spiro atoms. The average Bonchev–Trinajstić information content (AvgIpc) is 2.63. The number of hydrogen-bond acceptors (Lipinski definition) is 3. The van der Waals surface area contributed by atoms with Gasteiger partial charge in [0.2, 0.25) is 0 Å². The van der Waals surface area contributed by atoms with E-state index in [9.17, 15) is 4.39 Å². The summed E-state index contributed by atoms with van der Waals surface area (Å²) in [5, 5.41) is 0. The lowest BCUT2D eigenvalue weighted by Crippen LogP contribution is -2.29. The molecular weight excluding hydrogens is 331 g/mol. The third kappa shape index (κ3) is 10.9. The number of ether oxygens (including phenoxy) is 3. The predicted molar refractivity (Wildman–Crippen MR) is 105 cm³/mol. The Bertz CT molecular complexity index is 430. The third-order valence-corrected chi connectivity index (χ3v) is 4.42. The van der Waals surface area contributed by atoms with Gasteiger partial charge in [0.25, 0.3) is 6.48 Å². The van der Waals surface area contributed by atoms with Crippen LogP contribution in [0.2, 0.25) is 0 Å². The highest BCUT2D eigenvalue weighted by Gasteiger charge is 2.18. The van der Waals surface area contributed by atoms with Crippen LogP contribution in [0.25, 0.3) is 0 Å². The smallest absolute Gasteiger partial charge is 0.271 e. The first kappa shape index (κ1) is 23.1. The molecule has 3 nitrogen and oxygen atoms in total. The van der Waals surface area contributed by atoms with Crippen molar-refractivity contribution in [3.8, 4) is 0 Å². The van der Waals surface area contributed by atoms with Gasteiger partial charge in [-0.3, -0.25) is 0 Å². The number of benzene rings is 1. The summed E-state index contributed by atoms with van der Waals surface area (Å²) in [6, 6.07) is 6.66. The first-order valence-electron chi connectivity index (χ1n) is 10.3. The minimum atomic E-state index is -0.625. The van der Waals surface area contributed by atoms with Gasteiger partial charge in [0.1, 0.15) is 5.82 Å². The maximum atomic E-state index is 13.1. The molecule has 150 valence electrons. The van der Waals surface area contributed by atoms with E-state index in [1.54, 1.807) is 0 Å². The Balaban J connectivity index is 2.49. The average molecular weight is 369 g/mol. The van der Waals surface area contributed by atoms with Crippen molar-refractivity contribution in [2.75, 3.05) is 13.2 Å². The van der Waals surface area contributed by atoms with E-state index in [0.717, 1.165) is 24.8 Å². The molecule has 0 saturated heterocycles. The zero-order valence-electron chi connectivity index (χ0n) is 16.8. The topological polar surface area (TPSA) is 27.7 Å². The van der Waals surface area contributed by atoms with Crippen LogP contribution in [0.4, 0.5) is 4.39 Å². The van der Waals surface area contributed by atoms with Gasteiger partial charge in [-0.05, 0) is 44.4 Å². The minimum absolute atomic E-state index is 0.0132. The van der Waals surface area contributed by atoms with Crippen molar-refractivity contribution in [1.29, 1.82) is 0 Å². The highest BCUT2D eigenvalue weighted by Crippen LogP contribution is 2.17. The van der Waals surface area contributed by atoms with Crippen LogP contribution in [0.15, 0.2) is 24.3 Å². The number of hydrogen-bond donors (Lipinski definition) is 0. The summed E-state index contributed by atoms with van der Waals surface area (Å²) in [4.78, 5) is 0. The molecule has 0 radical (unpaired) electrons. The third-order valence-electron chi connectivity index (χ3n) is 4.42. The highest BCUT2D eigenvalue weighted by atomic mass is 19.1. The van der Waals surface area contributed by atoms with Gasteiger partial charge in [-0.15, -0.1) is 0 Å². The summed E-state index contributed by atoms with van der Waals surface area (Å²) < 4.78 is 30.3. The van der Waals surface area contributed by atoms with Crippen LogP contribution in [0.3, 0.4) is 0 Å². The van der Waals surface area contributed by atoms with Crippen molar-refractivity contribution < 1.29 is 18.6 Å². The maximum absolute atomic E-state index is 13.1. The van der Waals surface area contributed by atoms with Gasteiger partial charge in [-0.25, -0.2) is 4.39 Å². The molecule has 1 rings (SSSR count). The van der Waals surface area contributed by atoms with Crippen LogP contribution in [-0.2, 0) is 20.6 Å². The van der Waals surface area contributed by atoms with Crippen molar-refractivity contribution in [3.05, 3.63) is 35.6 Å². The molecule has 26 heavy (non-hydrogen) atoms. The first-order chi connectivity index (χ1) is 12.7. The van der Waals surface area contributed by atoms with Gasteiger partial charge in [-0.1, -0.05) is 64.0 Å². The zero-order chi connectivity index (χ0) is 19.0. The fourth-order valence-electron chi connectivity index (χ4n) is 2.99. The fraction of sp³-hybridized carbons (Fsp3) is 0.727. The van der Waals surface area contributed by atoms with E-state index in [4.69, 9.17) is 14.2 Å². The quantitative estimate of drug-likeness (QED) is 0.255. The van der Waals surface area contributed by atoms with Crippen LogP contribution < -0.4 is 0 Å². The number of rotatable bonds is 16. The second-order valence-electron chi connectivity index (χ2n) is 6.70. The summed E-state index contributed by atoms with van der Waals surface area (Å²) in [6.07, 6.45) is 10.6. The Kier molecular flexibility index (Phi) is 13.4. The lowest BCUT2D eigenvalue weighted by Gasteiger charge is -2.24. The number of halogens is 1. The van der Waals surface area contributed by atoms with E-state index in [1.165, 1.54) is 50.7 Å². The molecule has 1 aromatic carbocycles. The Morgan fingerprint density at radius 1 is 0.808 bits per heavy atom. The van der Waals surface area contributed by atoms with Crippen LogP contribution in [0.1, 0.15) is 77.7 Å². The summed E-state index contributed by atoms with van der Waals surface area (Å²) in [7, 11) is 0. The zero-order valence-corrected chi connectivity index (χ0v) is 16.8. The van der Waals surface area contributed by atoms with E-state index in [2.05, 4.69) is 6.92 Å². The monoisotopic (exact) mass is 368 g/mol. The van der Waals surface area contributed by atoms with Crippen molar-refractivity contribution >= 4 is 0 Å². The summed E-state index contributed by atoms with van der Waals surface area (Å²) in [6.45, 7) is 6.57. The van der Waals surface area contributed by atoms with Crippen LogP contribution in [-0.4, -0.2) is 25.8 Å². The molecule has 0 aliphatic heterocycles. The molecule has 0 N–H and O–H groups in total. The lowest BCUT2D eigenvalue weighted by atomic mass is 10.0. The first-order valence-corrected chi connectivity index (χ1v) is 10.3. The highest BCUT2D eigenvalue weighted by molar-refractivity contribution is 5.16. The molecule has 4 heteroatoms. The molecule has 0 amide bonds. The molecule has 0 aliphatic carbocycles. The Morgan fingerprint density at radius 3 is 1.96 bits per heavy atom. The Labute approximate surface area is 159 Å². The molecule has 0 saturated carbocycles. The molecule has 1 unspecified atom stereocenters. The van der Waals surface area contributed by atoms with Gasteiger partial charge in [-0.2, -0.15) is 0 Å². The SMILES string of the molecule is CCCCCCCCCC(Cc1ccc(F)cc1)OC(OCC)OCC. The van der Waals surface area contributed by atoms with Crippen molar-refractivity contribution in [3.63, 3.8) is 0 Å². The Morgan fingerprint density at radius 2 is 1.38 bits per heavy atom. The van der Waals surface area contributed by atoms with Gasteiger partial charge in [0.05, 0.1) is 6.10 Å². The van der Waals surface area contributed by atoms with Gasteiger partial charge < -0.3 is 14.2 Å². The second kappa shape index (κ2) is 15.1. The van der Waals surface area contributed by atoms with Crippen molar-refractivity contribution in [1.82, 2.24) is 0 Å². The molecule has 0 fully saturated rings. The minimum Gasteiger partial charge on any atom is -0.330 e. The molecule has 0 aliphatic rings. The molecule has 1 aromatic rings. The van der Waals surface area contributed by atoms with Gasteiger partial charge in [0.15, 0.2) is 0 Å². The predicted octanol–water partition coefficient (Wildman–Crippen LogP) is 6.25. The fourth-order valence-corrected chi connectivity index (χ4v) is 2.99. The largest absolute Gasteiger partial charge is 0.330 e. The normalized spacial score (nSPS) is 12.7.